The molecular formula is C15H24Cl2N4O. The highest BCUT2D eigenvalue weighted by molar-refractivity contribution is 5.85. The number of benzene rings is 1. The number of halogens is 2. The molecule has 0 fully saturated rings. The van der Waals surface area contributed by atoms with E-state index in [-0.39, 0.29) is 36.6 Å². The third kappa shape index (κ3) is 4.60. The Balaban J connectivity index is 0.00000220. The molecule has 0 saturated heterocycles. The molecule has 0 unspecified atom stereocenters. The fraction of sp³-hybridized carbons (Fsp3) is 0.467. The summed E-state index contributed by atoms with van der Waals surface area (Å²) in [5.41, 5.74) is 7.88. The van der Waals surface area contributed by atoms with E-state index in [0.717, 1.165) is 16.9 Å². The van der Waals surface area contributed by atoms with Crippen LogP contribution in [0.3, 0.4) is 0 Å². The molecular weight excluding hydrogens is 323 g/mol. The van der Waals surface area contributed by atoms with Crippen molar-refractivity contribution in [3.63, 3.8) is 0 Å². The van der Waals surface area contributed by atoms with Crippen LogP contribution >= 0.6 is 24.8 Å². The van der Waals surface area contributed by atoms with Crippen molar-refractivity contribution in [2.45, 2.75) is 33.4 Å². The van der Waals surface area contributed by atoms with Crippen molar-refractivity contribution in [2.75, 3.05) is 6.54 Å². The Bertz CT molecular complexity index is 613. The van der Waals surface area contributed by atoms with E-state index in [1.807, 2.05) is 45.0 Å². The number of nitrogens with one attached hydrogen (secondary N) is 1. The van der Waals surface area contributed by atoms with Crippen LogP contribution in [0.4, 0.5) is 0 Å². The number of hydrogen-bond donors (Lipinski definition) is 2. The summed E-state index contributed by atoms with van der Waals surface area (Å²) in [4.78, 5) is 16.3. The number of amides is 1. The number of nitrogens with zero attached hydrogens (tertiary/aromatic N) is 2. The summed E-state index contributed by atoms with van der Waals surface area (Å²) >= 11 is 0. The van der Waals surface area contributed by atoms with E-state index in [9.17, 15) is 4.79 Å². The number of carbonyl (C=O) groups excluding carboxylic acids is 1. The first-order valence-electron chi connectivity index (χ1n) is 6.96. The van der Waals surface area contributed by atoms with Gasteiger partial charge in [-0.05, 0) is 25.0 Å². The van der Waals surface area contributed by atoms with Gasteiger partial charge >= 0.3 is 0 Å². The van der Waals surface area contributed by atoms with Crippen molar-refractivity contribution >= 4 is 41.8 Å². The van der Waals surface area contributed by atoms with E-state index < -0.39 is 6.04 Å². The molecule has 0 radical (unpaired) electrons. The summed E-state index contributed by atoms with van der Waals surface area (Å²) < 4.78 is 2.11. The molecule has 1 amide bonds. The fourth-order valence-corrected chi connectivity index (χ4v) is 2.19. The van der Waals surface area contributed by atoms with E-state index in [2.05, 4.69) is 14.9 Å². The third-order valence-electron chi connectivity index (χ3n) is 3.50. The van der Waals surface area contributed by atoms with Crippen LogP contribution in [-0.4, -0.2) is 28.0 Å². The Kier molecular flexibility index (Phi) is 8.45. The Morgan fingerprint density at radius 2 is 1.95 bits per heavy atom. The second-order valence-electron chi connectivity index (χ2n) is 5.36. The highest BCUT2D eigenvalue weighted by atomic mass is 35.5. The summed E-state index contributed by atoms with van der Waals surface area (Å²) in [5, 5.41) is 2.88. The minimum atomic E-state index is -0.448. The van der Waals surface area contributed by atoms with Gasteiger partial charge in [0.05, 0.1) is 17.1 Å². The second-order valence-corrected chi connectivity index (χ2v) is 5.36. The fourth-order valence-electron chi connectivity index (χ4n) is 2.19. The van der Waals surface area contributed by atoms with Crippen molar-refractivity contribution in [3.8, 4) is 0 Å². The van der Waals surface area contributed by atoms with Gasteiger partial charge in [0.15, 0.2) is 0 Å². The van der Waals surface area contributed by atoms with Gasteiger partial charge in [0.2, 0.25) is 5.91 Å². The lowest BCUT2D eigenvalue weighted by Gasteiger charge is -2.15. The van der Waals surface area contributed by atoms with Crippen molar-refractivity contribution in [1.82, 2.24) is 14.9 Å². The minimum Gasteiger partial charge on any atom is -0.353 e. The van der Waals surface area contributed by atoms with Crippen LogP contribution in [0.15, 0.2) is 24.3 Å². The molecule has 0 aliphatic rings. The molecule has 0 aliphatic heterocycles. The van der Waals surface area contributed by atoms with Gasteiger partial charge in [-0.15, -0.1) is 24.8 Å². The van der Waals surface area contributed by atoms with Crippen LogP contribution in [0.25, 0.3) is 11.0 Å². The number of aryl methyl sites for hydroxylation is 1. The van der Waals surface area contributed by atoms with Crippen LogP contribution in [0, 0.1) is 12.8 Å². The molecule has 1 aromatic carbocycles. The first-order chi connectivity index (χ1) is 9.50. The standard InChI is InChI=1S/C15H22N4O.2ClH/c1-10(2)14(16)15(20)17-8-9-19-11(3)18-12-6-4-5-7-13(12)19;;/h4-7,10,14H,8-9,16H2,1-3H3,(H,17,20);2*1H/t14-;;/m1../s1. The number of rotatable bonds is 5. The highest BCUT2D eigenvalue weighted by Crippen LogP contribution is 2.14. The van der Waals surface area contributed by atoms with Crippen molar-refractivity contribution in [3.05, 3.63) is 30.1 Å². The van der Waals surface area contributed by atoms with Gasteiger partial charge in [-0.1, -0.05) is 26.0 Å². The van der Waals surface area contributed by atoms with Crippen LogP contribution in [0.2, 0.25) is 0 Å². The molecule has 2 aromatic rings. The molecule has 0 aliphatic carbocycles. The van der Waals surface area contributed by atoms with Crippen LogP contribution in [0.1, 0.15) is 19.7 Å². The molecule has 0 bridgehead atoms. The molecule has 1 atom stereocenters. The van der Waals surface area contributed by atoms with Gasteiger partial charge < -0.3 is 15.6 Å². The molecule has 2 rings (SSSR count). The lowest BCUT2D eigenvalue weighted by atomic mass is 10.1. The van der Waals surface area contributed by atoms with E-state index >= 15 is 0 Å². The molecule has 1 aromatic heterocycles. The first-order valence-corrected chi connectivity index (χ1v) is 6.96. The molecule has 22 heavy (non-hydrogen) atoms. The molecule has 1 heterocycles. The average Bonchev–Trinajstić information content (AvgIpc) is 2.74. The SMILES string of the molecule is Cc1nc2ccccc2n1CCNC(=O)[C@H](N)C(C)C.Cl.Cl. The van der Waals surface area contributed by atoms with E-state index in [1.54, 1.807) is 0 Å². The van der Waals surface area contributed by atoms with E-state index in [4.69, 9.17) is 5.73 Å². The van der Waals surface area contributed by atoms with E-state index in [0.29, 0.717) is 13.1 Å². The molecule has 7 heteroatoms. The first kappa shape index (κ1) is 20.7. The summed E-state index contributed by atoms with van der Waals surface area (Å²) in [6.45, 7) is 7.11. The smallest absolute Gasteiger partial charge is 0.237 e. The van der Waals surface area contributed by atoms with E-state index in [1.165, 1.54) is 0 Å². The summed E-state index contributed by atoms with van der Waals surface area (Å²) in [7, 11) is 0. The lowest BCUT2D eigenvalue weighted by Crippen LogP contribution is -2.44. The molecule has 0 saturated carbocycles. The van der Waals surface area contributed by atoms with Gasteiger partial charge in [0, 0.05) is 13.1 Å². The number of aromatic nitrogens is 2. The van der Waals surface area contributed by atoms with Gasteiger partial charge in [0.25, 0.3) is 0 Å². The minimum absolute atomic E-state index is 0. The largest absolute Gasteiger partial charge is 0.353 e. The zero-order chi connectivity index (χ0) is 14.7. The highest BCUT2D eigenvalue weighted by Gasteiger charge is 2.16. The predicted octanol–water partition coefficient (Wildman–Crippen LogP) is 2.29. The summed E-state index contributed by atoms with van der Waals surface area (Å²) in [6.07, 6.45) is 0. The number of para-hydroxylation sites is 2. The normalized spacial score (nSPS) is 11.7. The number of carbonyl (C=O) groups is 1. The predicted molar refractivity (Wildman–Crippen MR) is 94.8 cm³/mol. The zero-order valence-electron chi connectivity index (χ0n) is 13.1. The number of fused-ring (bicyclic) bond motifs is 1. The third-order valence-corrected chi connectivity index (χ3v) is 3.50. The summed E-state index contributed by atoms with van der Waals surface area (Å²) in [6, 6.07) is 7.55. The Morgan fingerprint density at radius 3 is 2.59 bits per heavy atom. The lowest BCUT2D eigenvalue weighted by molar-refractivity contribution is -0.123. The number of imidazole rings is 1. The zero-order valence-corrected chi connectivity index (χ0v) is 14.7. The monoisotopic (exact) mass is 346 g/mol. The molecule has 124 valence electrons. The van der Waals surface area contributed by atoms with Crippen LogP contribution in [-0.2, 0) is 11.3 Å². The number of hydrogen-bond acceptors (Lipinski definition) is 3. The maximum Gasteiger partial charge on any atom is 0.237 e. The molecule has 5 nitrogen and oxygen atoms in total. The van der Waals surface area contributed by atoms with Gasteiger partial charge in [0.1, 0.15) is 5.82 Å². The van der Waals surface area contributed by atoms with Gasteiger partial charge in [-0.2, -0.15) is 0 Å². The van der Waals surface area contributed by atoms with Crippen molar-refractivity contribution in [1.29, 1.82) is 0 Å². The maximum atomic E-state index is 11.8. The summed E-state index contributed by atoms with van der Waals surface area (Å²) in [5.74, 6) is 1.00. The molecule has 3 N–H and O–H groups in total. The second kappa shape index (κ2) is 8.98. The van der Waals surface area contributed by atoms with Crippen LogP contribution < -0.4 is 11.1 Å². The average molecular weight is 347 g/mol. The maximum absolute atomic E-state index is 11.8. The quantitative estimate of drug-likeness (QED) is 0.872. The Hall–Kier alpha value is -1.30. The number of nitrogens with two attached hydrogens (primary N) is 1. The van der Waals surface area contributed by atoms with Crippen molar-refractivity contribution in [2.24, 2.45) is 11.7 Å². The Labute approximate surface area is 143 Å². The van der Waals surface area contributed by atoms with Crippen molar-refractivity contribution < 1.29 is 4.79 Å². The van der Waals surface area contributed by atoms with Gasteiger partial charge in [-0.3, -0.25) is 4.79 Å². The van der Waals surface area contributed by atoms with Gasteiger partial charge in [-0.25, -0.2) is 4.98 Å². The molecule has 0 spiro atoms. The Morgan fingerprint density at radius 1 is 1.32 bits per heavy atom. The van der Waals surface area contributed by atoms with Crippen LogP contribution in [0.5, 0.6) is 0 Å². The topological polar surface area (TPSA) is 72.9 Å².